The monoisotopic (exact) mass is 316 g/mol. The molecule has 2 rings (SSSR count). The lowest BCUT2D eigenvalue weighted by atomic mass is 10.2. The van der Waals surface area contributed by atoms with Crippen molar-refractivity contribution in [2.75, 3.05) is 19.3 Å². The van der Waals surface area contributed by atoms with E-state index in [4.69, 9.17) is 0 Å². The third-order valence-corrected chi connectivity index (χ3v) is 5.92. The van der Waals surface area contributed by atoms with Crippen LogP contribution < -0.4 is 10.0 Å². The molecule has 0 unspecified atom stereocenters. The molecule has 2 aromatic rings. The summed E-state index contributed by atoms with van der Waals surface area (Å²) in [6, 6.07) is 8.22. The van der Waals surface area contributed by atoms with Gasteiger partial charge in [0.2, 0.25) is 10.0 Å². The third-order valence-electron chi connectivity index (χ3n) is 2.69. The Bertz CT molecular complexity index is 542. The lowest BCUT2D eigenvalue weighted by molar-refractivity contribution is 0.578. The van der Waals surface area contributed by atoms with Crippen molar-refractivity contribution in [1.82, 2.24) is 10.0 Å². The van der Waals surface area contributed by atoms with Crippen LogP contribution in [0.15, 0.2) is 35.0 Å². The second-order valence-corrected chi connectivity index (χ2v) is 7.95. The quantitative estimate of drug-likeness (QED) is 0.822. The molecule has 19 heavy (non-hydrogen) atoms. The first-order chi connectivity index (χ1) is 9.12. The van der Waals surface area contributed by atoms with Crippen LogP contribution in [0, 0.1) is 0 Å². The van der Waals surface area contributed by atoms with E-state index in [1.165, 1.54) is 16.8 Å². The van der Waals surface area contributed by atoms with Gasteiger partial charge in [-0.05, 0) is 29.9 Å². The van der Waals surface area contributed by atoms with Gasteiger partial charge in [0.1, 0.15) is 0 Å². The van der Waals surface area contributed by atoms with Gasteiger partial charge in [-0.25, -0.2) is 13.1 Å². The van der Waals surface area contributed by atoms with Gasteiger partial charge in [0.25, 0.3) is 0 Å². The highest BCUT2D eigenvalue weighted by molar-refractivity contribution is 7.89. The smallest absolute Gasteiger partial charge is 0.212 e. The number of rotatable bonds is 7. The maximum absolute atomic E-state index is 11.4. The molecular formula is C12H16N2O2S3. The van der Waals surface area contributed by atoms with Gasteiger partial charge in [0.05, 0.1) is 11.8 Å². The average Bonchev–Trinajstić information content (AvgIpc) is 3.07. The second kappa shape index (κ2) is 6.62. The molecule has 7 heteroatoms. The zero-order valence-corrected chi connectivity index (χ0v) is 12.9. The SMILES string of the molecule is CNS(=O)(=O)CCNC(c1cccs1)c1cccs1. The summed E-state index contributed by atoms with van der Waals surface area (Å²) in [7, 11) is -1.72. The van der Waals surface area contributed by atoms with E-state index in [1.807, 2.05) is 22.9 Å². The highest BCUT2D eigenvalue weighted by Crippen LogP contribution is 2.28. The van der Waals surface area contributed by atoms with Gasteiger partial charge in [0.15, 0.2) is 0 Å². The summed E-state index contributed by atoms with van der Waals surface area (Å²) in [6.07, 6.45) is 0. The molecule has 4 nitrogen and oxygen atoms in total. The van der Waals surface area contributed by atoms with E-state index >= 15 is 0 Å². The number of thiophene rings is 2. The van der Waals surface area contributed by atoms with Crippen LogP contribution in [0.5, 0.6) is 0 Å². The summed E-state index contributed by atoms with van der Waals surface area (Å²) in [6.45, 7) is 0.420. The molecule has 0 fully saturated rings. The Hall–Kier alpha value is -0.730. The number of sulfonamides is 1. The zero-order valence-electron chi connectivity index (χ0n) is 10.5. The molecular weight excluding hydrogens is 300 g/mol. The number of hydrogen-bond donors (Lipinski definition) is 2. The summed E-state index contributed by atoms with van der Waals surface area (Å²) in [5, 5.41) is 7.38. The van der Waals surface area contributed by atoms with Gasteiger partial charge in [-0.3, -0.25) is 0 Å². The Balaban J connectivity index is 2.04. The molecule has 0 aromatic carbocycles. The fourth-order valence-electron chi connectivity index (χ4n) is 1.69. The van der Waals surface area contributed by atoms with Crippen molar-refractivity contribution in [1.29, 1.82) is 0 Å². The fraction of sp³-hybridized carbons (Fsp3) is 0.333. The molecule has 0 saturated carbocycles. The Kier molecular flexibility index (Phi) is 5.12. The van der Waals surface area contributed by atoms with Crippen LogP contribution in [0.25, 0.3) is 0 Å². The van der Waals surface area contributed by atoms with Crippen molar-refractivity contribution < 1.29 is 8.42 Å². The summed E-state index contributed by atoms with van der Waals surface area (Å²) in [4.78, 5) is 2.40. The Labute approximate surface area is 121 Å². The Morgan fingerprint density at radius 2 is 1.74 bits per heavy atom. The first-order valence-electron chi connectivity index (χ1n) is 5.84. The molecule has 104 valence electrons. The van der Waals surface area contributed by atoms with Gasteiger partial charge in [-0.2, -0.15) is 0 Å². The third kappa shape index (κ3) is 4.12. The van der Waals surface area contributed by atoms with Crippen LogP contribution >= 0.6 is 22.7 Å². The first kappa shape index (κ1) is 14.7. The normalized spacial score (nSPS) is 12.1. The topological polar surface area (TPSA) is 58.2 Å². The second-order valence-electron chi connectivity index (χ2n) is 3.94. The molecule has 0 bridgehead atoms. The van der Waals surface area contributed by atoms with E-state index in [2.05, 4.69) is 22.2 Å². The zero-order chi connectivity index (χ0) is 13.7. The molecule has 2 N–H and O–H groups in total. The number of nitrogens with one attached hydrogen (secondary N) is 2. The van der Waals surface area contributed by atoms with Crippen LogP contribution in [0.3, 0.4) is 0 Å². The maximum Gasteiger partial charge on any atom is 0.212 e. The van der Waals surface area contributed by atoms with Crippen molar-refractivity contribution in [3.05, 3.63) is 44.8 Å². The fourth-order valence-corrected chi connectivity index (χ4v) is 3.99. The van der Waals surface area contributed by atoms with Crippen molar-refractivity contribution in [2.24, 2.45) is 0 Å². The van der Waals surface area contributed by atoms with Crippen LogP contribution in [0.2, 0.25) is 0 Å². The van der Waals surface area contributed by atoms with E-state index in [0.717, 1.165) is 0 Å². The van der Waals surface area contributed by atoms with Gasteiger partial charge >= 0.3 is 0 Å². The predicted molar refractivity (Wildman–Crippen MR) is 81.3 cm³/mol. The molecule has 2 aromatic heterocycles. The van der Waals surface area contributed by atoms with Gasteiger partial charge in [-0.1, -0.05) is 12.1 Å². The van der Waals surface area contributed by atoms with E-state index in [-0.39, 0.29) is 11.8 Å². The van der Waals surface area contributed by atoms with Gasteiger partial charge < -0.3 is 5.32 Å². The largest absolute Gasteiger partial charge is 0.304 e. The average molecular weight is 316 g/mol. The van der Waals surface area contributed by atoms with Crippen molar-refractivity contribution in [3.63, 3.8) is 0 Å². The van der Waals surface area contributed by atoms with Crippen LogP contribution in [-0.2, 0) is 10.0 Å². The van der Waals surface area contributed by atoms with Crippen molar-refractivity contribution in [3.8, 4) is 0 Å². The minimum atomic E-state index is -3.16. The maximum atomic E-state index is 11.4. The summed E-state index contributed by atoms with van der Waals surface area (Å²) >= 11 is 3.34. The van der Waals surface area contributed by atoms with E-state index in [9.17, 15) is 8.42 Å². The van der Waals surface area contributed by atoms with E-state index in [0.29, 0.717) is 6.54 Å². The molecule has 2 heterocycles. The van der Waals surface area contributed by atoms with Crippen LogP contribution in [0.4, 0.5) is 0 Å². The Morgan fingerprint density at radius 1 is 1.16 bits per heavy atom. The van der Waals surface area contributed by atoms with Crippen LogP contribution in [-0.4, -0.2) is 27.8 Å². The van der Waals surface area contributed by atoms with Crippen molar-refractivity contribution >= 4 is 32.7 Å². The van der Waals surface area contributed by atoms with Gasteiger partial charge in [-0.15, -0.1) is 22.7 Å². The van der Waals surface area contributed by atoms with Crippen LogP contribution in [0.1, 0.15) is 15.8 Å². The molecule has 0 radical (unpaired) electrons. The lowest BCUT2D eigenvalue weighted by Crippen LogP contribution is -2.31. The predicted octanol–water partition coefficient (Wildman–Crippen LogP) is 2.04. The van der Waals surface area contributed by atoms with Crippen molar-refractivity contribution in [2.45, 2.75) is 6.04 Å². The highest BCUT2D eigenvalue weighted by atomic mass is 32.2. The first-order valence-corrected chi connectivity index (χ1v) is 9.25. The highest BCUT2D eigenvalue weighted by Gasteiger charge is 2.16. The molecule has 0 aliphatic rings. The molecule has 0 aliphatic carbocycles. The van der Waals surface area contributed by atoms with E-state index in [1.54, 1.807) is 22.7 Å². The molecule has 0 spiro atoms. The minimum absolute atomic E-state index is 0.0760. The summed E-state index contributed by atoms with van der Waals surface area (Å²) < 4.78 is 25.1. The standard InChI is InChI=1S/C12H16N2O2S3/c1-13-19(15,16)9-6-14-12(10-4-2-7-17-10)11-5-3-8-18-11/h2-5,7-8,12-14H,6,9H2,1H3. The molecule has 0 atom stereocenters. The van der Waals surface area contributed by atoms with E-state index < -0.39 is 10.0 Å². The summed E-state index contributed by atoms with van der Waals surface area (Å²) in [5.41, 5.74) is 0. The summed E-state index contributed by atoms with van der Waals surface area (Å²) in [5.74, 6) is 0.0801. The minimum Gasteiger partial charge on any atom is -0.304 e. The Morgan fingerprint density at radius 3 is 2.16 bits per heavy atom. The number of hydrogen-bond acceptors (Lipinski definition) is 5. The molecule has 0 saturated heterocycles. The molecule has 0 amide bonds. The van der Waals surface area contributed by atoms with Gasteiger partial charge in [0, 0.05) is 16.3 Å². The lowest BCUT2D eigenvalue weighted by Gasteiger charge is -2.16. The molecule has 0 aliphatic heterocycles.